The molecule has 1 N–H and O–H groups in total. The van der Waals surface area contributed by atoms with Crippen LogP contribution in [0.5, 0.6) is 0 Å². The maximum atomic E-state index is 6.38. The lowest BCUT2D eigenvalue weighted by Crippen LogP contribution is -2.23. The Morgan fingerprint density at radius 1 is 1.15 bits per heavy atom. The Morgan fingerprint density at radius 2 is 1.90 bits per heavy atom. The zero-order valence-electron chi connectivity index (χ0n) is 12.7. The molecule has 1 aromatic rings. The second-order valence-corrected chi connectivity index (χ2v) is 6.51. The summed E-state index contributed by atoms with van der Waals surface area (Å²) in [6.07, 6.45) is 10.7. The van der Waals surface area contributed by atoms with E-state index in [0.29, 0.717) is 5.92 Å². The molecule has 2 rings (SSSR count). The van der Waals surface area contributed by atoms with Gasteiger partial charge in [-0.25, -0.2) is 0 Å². The Labute approximate surface area is 129 Å². The predicted octanol–water partition coefficient (Wildman–Crippen LogP) is 5.54. The van der Waals surface area contributed by atoms with Crippen molar-refractivity contribution in [2.45, 2.75) is 70.3 Å². The first-order valence-corrected chi connectivity index (χ1v) is 8.67. The summed E-state index contributed by atoms with van der Waals surface area (Å²) in [6.45, 7) is 3.36. The zero-order chi connectivity index (χ0) is 14.2. The highest BCUT2D eigenvalue weighted by molar-refractivity contribution is 6.31. The van der Waals surface area contributed by atoms with Crippen molar-refractivity contribution < 1.29 is 0 Å². The summed E-state index contributed by atoms with van der Waals surface area (Å²) < 4.78 is 0. The first kappa shape index (κ1) is 15.9. The molecule has 2 heteroatoms. The van der Waals surface area contributed by atoms with E-state index in [-0.39, 0.29) is 0 Å². The van der Waals surface area contributed by atoms with Gasteiger partial charge in [-0.05, 0) is 36.8 Å². The van der Waals surface area contributed by atoms with Crippen LogP contribution in [0.15, 0.2) is 24.3 Å². The van der Waals surface area contributed by atoms with Crippen LogP contribution in [0.4, 0.5) is 0 Å². The molecule has 1 atom stereocenters. The van der Waals surface area contributed by atoms with Crippen molar-refractivity contribution in [1.82, 2.24) is 5.32 Å². The van der Waals surface area contributed by atoms with E-state index < -0.39 is 0 Å². The molecule has 0 spiro atoms. The van der Waals surface area contributed by atoms with Gasteiger partial charge in [0.2, 0.25) is 0 Å². The van der Waals surface area contributed by atoms with Gasteiger partial charge in [-0.1, -0.05) is 68.8 Å². The number of halogens is 1. The van der Waals surface area contributed by atoms with Crippen molar-refractivity contribution in [1.29, 1.82) is 0 Å². The van der Waals surface area contributed by atoms with Crippen molar-refractivity contribution in [3.8, 4) is 0 Å². The van der Waals surface area contributed by atoms with Gasteiger partial charge in [-0.2, -0.15) is 0 Å². The molecule has 1 saturated carbocycles. The number of unbranched alkanes of at least 4 members (excludes halogenated alkanes) is 4. The molecular weight excluding hydrogens is 266 g/mol. The second kappa shape index (κ2) is 8.69. The highest BCUT2D eigenvalue weighted by atomic mass is 35.5. The number of nitrogens with one attached hydrogen (secondary N) is 1. The fourth-order valence-corrected chi connectivity index (χ4v) is 3.05. The van der Waals surface area contributed by atoms with E-state index in [1.54, 1.807) is 0 Å². The lowest BCUT2D eigenvalue weighted by Gasteiger charge is -2.19. The van der Waals surface area contributed by atoms with Gasteiger partial charge in [0.15, 0.2) is 0 Å². The van der Waals surface area contributed by atoms with E-state index in [2.05, 4.69) is 24.4 Å². The van der Waals surface area contributed by atoms with Crippen molar-refractivity contribution in [3.05, 3.63) is 34.9 Å². The molecule has 0 aromatic heterocycles. The summed E-state index contributed by atoms with van der Waals surface area (Å²) in [6, 6.07) is 9.15. The third-order valence-electron chi connectivity index (χ3n) is 4.23. The number of hydrogen-bond donors (Lipinski definition) is 1. The molecule has 1 unspecified atom stereocenters. The van der Waals surface area contributed by atoms with Gasteiger partial charge in [0.25, 0.3) is 0 Å². The molecular formula is C18H28ClN. The van der Waals surface area contributed by atoms with Crippen LogP contribution in [0.1, 0.15) is 69.8 Å². The molecule has 0 aliphatic heterocycles. The molecule has 0 heterocycles. The van der Waals surface area contributed by atoms with Crippen LogP contribution in [0, 0.1) is 0 Å². The van der Waals surface area contributed by atoms with Crippen molar-refractivity contribution in [2.75, 3.05) is 6.54 Å². The van der Waals surface area contributed by atoms with E-state index in [4.69, 9.17) is 11.6 Å². The largest absolute Gasteiger partial charge is 0.313 e. The first-order valence-electron chi connectivity index (χ1n) is 8.29. The highest BCUT2D eigenvalue weighted by Gasteiger charge is 2.23. The van der Waals surface area contributed by atoms with Gasteiger partial charge in [-0.3, -0.25) is 0 Å². The van der Waals surface area contributed by atoms with Crippen molar-refractivity contribution in [2.24, 2.45) is 0 Å². The Hall–Kier alpha value is -0.530. The molecule has 0 saturated heterocycles. The molecule has 1 aromatic carbocycles. The minimum atomic E-state index is 0.575. The molecule has 1 fully saturated rings. The SMILES string of the molecule is CCCCCCCC(CNC1CC1)c1ccccc1Cl. The summed E-state index contributed by atoms with van der Waals surface area (Å²) in [5.74, 6) is 0.575. The monoisotopic (exact) mass is 293 g/mol. The quantitative estimate of drug-likeness (QED) is 0.559. The smallest absolute Gasteiger partial charge is 0.0441 e. The van der Waals surface area contributed by atoms with Crippen molar-refractivity contribution >= 4 is 11.6 Å². The van der Waals surface area contributed by atoms with Crippen LogP contribution in [0.2, 0.25) is 5.02 Å². The van der Waals surface area contributed by atoms with Crippen LogP contribution >= 0.6 is 11.6 Å². The van der Waals surface area contributed by atoms with E-state index in [0.717, 1.165) is 17.6 Å². The van der Waals surface area contributed by atoms with Crippen LogP contribution in [0.25, 0.3) is 0 Å². The molecule has 0 amide bonds. The van der Waals surface area contributed by atoms with Crippen molar-refractivity contribution in [3.63, 3.8) is 0 Å². The van der Waals surface area contributed by atoms with Crippen LogP contribution in [-0.4, -0.2) is 12.6 Å². The Bertz CT molecular complexity index is 387. The number of hydrogen-bond acceptors (Lipinski definition) is 1. The minimum Gasteiger partial charge on any atom is -0.313 e. The zero-order valence-corrected chi connectivity index (χ0v) is 13.5. The van der Waals surface area contributed by atoms with Crippen LogP contribution in [-0.2, 0) is 0 Å². The number of benzene rings is 1. The van der Waals surface area contributed by atoms with E-state index in [1.807, 2.05) is 12.1 Å². The standard InChI is InChI=1S/C18H28ClN/c1-2-3-4-5-6-9-15(14-20-16-12-13-16)17-10-7-8-11-18(17)19/h7-8,10-11,15-16,20H,2-6,9,12-14H2,1H3. The third-order valence-corrected chi connectivity index (χ3v) is 4.58. The molecule has 112 valence electrons. The molecule has 0 bridgehead atoms. The summed E-state index contributed by atoms with van der Waals surface area (Å²) in [7, 11) is 0. The molecule has 1 aliphatic rings. The molecule has 0 radical (unpaired) electrons. The summed E-state index contributed by atoms with van der Waals surface area (Å²) in [5.41, 5.74) is 1.33. The summed E-state index contributed by atoms with van der Waals surface area (Å²) in [4.78, 5) is 0. The lowest BCUT2D eigenvalue weighted by atomic mass is 9.92. The van der Waals surface area contributed by atoms with Crippen LogP contribution in [0.3, 0.4) is 0 Å². The predicted molar refractivity (Wildman–Crippen MR) is 88.6 cm³/mol. The Morgan fingerprint density at radius 3 is 2.60 bits per heavy atom. The van der Waals surface area contributed by atoms with Gasteiger partial charge in [0.05, 0.1) is 0 Å². The maximum Gasteiger partial charge on any atom is 0.0441 e. The molecule has 20 heavy (non-hydrogen) atoms. The van der Waals surface area contributed by atoms with Gasteiger partial charge in [0, 0.05) is 17.6 Å². The average Bonchev–Trinajstić information content (AvgIpc) is 3.27. The highest BCUT2D eigenvalue weighted by Crippen LogP contribution is 2.29. The average molecular weight is 294 g/mol. The van der Waals surface area contributed by atoms with Gasteiger partial charge in [-0.15, -0.1) is 0 Å². The van der Waals surface area contributed by atoms with Gasteiger partial charge < -0.3 is 5.32 Å². The van der Waals surface area contributed by atoms with Crippen LogP contribution < -0.4 is 5.32 Å². The van der Waals surface area contributed by atoms with Gasteiger partial charge in [0.1, 0.15) is 0 Å². The summed E-state index contributed by atoms with van der Waals surface area (Å²) in [5, 5.41) is 4.61. The van der Waals surface area contributed by atoms with E-state index in [1.165, 1.54) is 56.9 Å². The topological polar surface area (TPSA) is 12.0 Å². The number of rotatable bonds is 10. The molecule has 1 aliphatic carbocycles. The van der Waals surface area contributed by atoms with Gasteiger partial charge >= 0.3 is 0 Å². The fraction of sp³-hybridized carbons (Fsp3) is 0.667. The Balaban J connectivity index is 1.84. The Kier molecular flexibility index (Phi) is 6.89. The maximum absolute atomic E-state index is 6.38. The fourth-order valence-electron chi connectivity index (χ4n) is 2.76. The third kappa shape index (κ3) is 5.46. The lowest BCUT2D eigenvalue weighted by molar-refractivity contribution is 0.508. The van der Waals surface area contributed by atoms with E-state index in [9.17, 15) is 0 Å². The normalized spacial score (nSPS) is 16.3. The first-order chi connectivity index (χ1) is 9.81. The minimum absolute atomic E-state index is 0.575. The molecule has 1 nitrogen and oxygen atoms in total. The van der Waals surface area contributed by atoms with E-state index >= 15 is 0 Å². The second-order valence-electron chi connectivity index (χ2n) is 6.10. The summed E-state index contributed by atoms with van der Waals surface area (Å²) >= 11 is 6.38.